The SMILES string of the molecule is O=C(Cc1c[nH]c2cc(Cl)ccc12)NC(CO)c1ccco1. The summed E-state index contributed by atoms with van der Waals surface area (Å²) in [5, 5.41) is 13.7. The van der Waals surface area contributed by atoms with Crippen LogP contribution in [0.3, 0.4) is 0 Å². The van der Waals surface area contributed by atoms with Crippen molar-refractivity contribution >= 4 is 28.4 Å². The number of amides is 1. The van der Waals surface area contributed by atoms with Gasteiger partial charge in [-0.05, 0) is 29.8 Å². The maximum Gasteiger partial charge on any atom is 0.225 e. The number of aromatic amines is 1. The largest absolute Gasteiger partial charge is 0.467 e. The van der Waals surface area contributed by atoms with Crippen LogP contribution in [0.15, 0.2) is 47.2 Å². The molecule has 3 aromatic rings. The molecule has 0 saturated carbocycles. The summed E-state index contributed by atoms with van der Waals surface area (Å²) in [6.45, 7) is -0.219. The third kappa shape index (κ3) is 3.00. The van der Waals surface area contributed by atoms with Crippen LogP contribution in [0, 0.1) is 0 Å². The highest BCUT2D eigenvalue weighted by molar-refractivity contribution is 6.31. The van der Waals surface area contributed by atoms with E-state index in [0.717, 1.165) is 16.5 Å². The van der Waals surface area contributed by atoms with Gasteiger partial charge in [-0.15, -0.1) is 0 Å². The summed E-state index contributed by atoms with van der Waals surface area (Å²) in [7, 11) is 0. The van der Waals surface area contributed by atoms with Gasteiger partial charge in [0.1, 0.15) is 11.8 Å². The lowest BCUT2D eigenvalue weighted by Gasteiger charge is -2.13. The minimum absolute atomic E-state index is 0.189. The minimum Gasteiger partial charge on any atom is -0.467 e. The lowest BCUT2D eigenvalue weighted by atomic mass is 10.1. The molecule has 114 valence electrons. The lowest BCUT2D eigenvalue weighted by Crippen LogP contribution is -2.31. The van der Waals surface area contributed by atoms with Gasteiger partial charge in [-0.3, -0.25) is 4.79 Å². The molecule has 1 amide bonds. The Morgan fingerprint density at radius 2 is 2.27 bits per heavy atom. The number of halogens is 1. The third-order valence-electron chi connectivity index (χ3n) is 3.48. The van der Waals surface area contributed by atoms with Crippen LogP contribution in [0.5, 0.6) is 0 Å². The topological polar surface area (TPSA) is 78.3 Å². The van der Waals surface area contributed by atoms with Crippen LogP contribution < -0.4 is 5.32 Å². The molecule has 1 aromatic carbocycles. The van der Waals surface area contributed by atoms with Gasteiger partial charge in [0.25, 0.3) is 0 Å². The average molecular weight is 319 g/mol. The van der Waals surface area contributed by atoms with Gasteiger partial charge in [0, 0.05) is 22.1 Å². The first-order valence-corrected chi connectivity index (χ1v) is 7.24. The van der Waals surface area contributed by atoms with Crippen molar-refractivity contribution in [1.29, 1.82) is 0 Å². The first-order valence-electron chi connectivity index (χ1n) is 6.86. The Kier molecular flexibility index (Phi) is 4.18. The predicted molar refractivity (Wildman–Crippen MR) is 83.7 cm³/mol. The molecule has 3 N–H and O–H groups in total. The molecule has 0 bridgehead atoms. The predicted octanol–water partition coefficient (Wildman–Crippen LogP) is 2.81. The molecule has 0 radical (unpaired) electrons. The van der Waals surface area contributed by atoms with Crippen molar-refractivity contribution in [2.45, 2.75) is 12.5 Å². The summed E-state index contributed by atoms with van der Waals surface area (Å²) in [5.41, 5.74) is 1.76. The zero-order valence-electron chi connectivity index (χ0n) is 11.7. The summed E-state index contributed by atoms with van der Waals surface area (Å²) in [5.74, 6) is 0.341. The summed E-state index contributed by atoms with van der Waals surface area (Å²) < 4.78 is 5.21. The maximum absolute atomic E-state index is 12.2. The number of rotatable bonds is 5. The number of carbonyl (C=O) groups is 1. The van der Waals surface area contributed by atoms with Crippen LogP contribution in [0.25, 0.3) is 10.9 Å². The molecule has 0 aliphatic heterocycles. The third-order valence-corrected chi connectivity index (χ3v) is 3.72. The van der Waals surface area contributed by atoms with Crippen LogP contribution in [0.2, 0.25) is 5.02 Å². The van der Waals surface area contributed by atoms with Crippen LogP contribution in [0.1, 0.15) is 17.4 Å². The Labute approximate surface area is 131 Å². The van der Waals surface area contributed by atoms with Gasteiger partial charge in [-0.25, -0.2) is 0 Å². The van der Waals surface area contributed by atoms with Crippen molar-refractivity contribution in [3.8, 4) is 0 Å². The van der Waals surface area contributed by atoms with Crippen LogP contribution in [-0.4, -0.2) is 22.6 Å². The van der Waals surface area contributed by atoms with Gasteiger partial charge in [-0.1, -0.05) is 17.7 Å². The van der Waals surface area contributed by atoms with Gasteiger partial charge in [0.2, 0.25) is 5.91 Å². The first-order chi connectivity index (χ1) is 10.7. The lowest BCUT2D eigenvalue weighted by molar-refractivity contribution is -0.121. The molecule has 5 nitrogen and oxygen atoms in total. The molecule has 22 heavy (non-hydrogen) atoms. The number of hydrogen-bond acceptors (Lipinski definition) is 3. The number of H-pyrrole nitrogens is 1. The van der Waals surface area contributed by atoms with E-state index in [1.54, 1.807) is 24.4 Å². The van der Waals surface area contributed by atoms with Crippen LogP contribution in [0.4, 0.5) is 0 Å². The van der Waals surface area contributed by atoms with E-state index >= 15 is 0 Å². The van der Waals surface area contributed by atoms with Gasteiger partial charge in [0.05, 0.1) is 19.3 Å². The second-order valence-corrected chi connectivity index (χ2v) is 5.44. The molecule has 2 heterocycles. The van der Waals surface area contributed by atoms with E-state index in [-0.39, 0.29) is 18.9 Å². The smallest absolute Gasteiger partial charge is 0.225 e. The summed E-state index contributed by atoms with van der Waals surface area (Å²) in [4.78, 5) is 15.3. The van der Waals surface area contributed by atoms with E-state index in [0.29, 0.717) is 10.8 Å². The van der Waals surface area contributed by atoms with Crippen molar-refractivity contribution in [2.24, 2.45) is 0 Å². The highest BCUT2D eigenvalue weighted by Crippen LogP contribution is 2.22. The van der Waals surface area contributed by atoms with E-state index in [1.807, 2.05) is 12.1 Å². The number of furan rings is 1. The number of fused-ring (bicyclic) bond motifs is 1. The average Bonchev–Trinajstić information content (AvgIpc) is 3.15. The maximum atomic E-state index is 12.2. The van der Waals surface area contributed by atoms with Gasteiger partial charge in [0.15, 0.2) is 0 Å². The van der Waals surface area contributed by atoms with Gasteiger partial charge < -0.3 is 19.8 Å². The fourth-order valence-electron chi connectivity index (χ4n) is 2.42. The Hall–Kier alpha value is -2.24. The fourth-order valence-corrected chi connectivity index (χ4v) is 2.59. The number of nitrogens with one attached hydrogen (secondary N) is 2. The molecule has 1 atom stereocenters. The Bertz CT molecular complexity index is 780. The first kappa shape index (κ1) is 14.7. The Balaban J connectivity index is 1.73. The summed E-state index contributed by atoms with van der Waals surface area (Å²) >= 11 is 5.94. The molecule has 3 rings (SSSR count). The molecule has 2 aromatic heterocycles. The number of hydrogen-bond donors (Lipinski definition) is 3. The van der Waals surface area contributed by atoms with E-state index in [9.17, 15) is 9.90 Å². The summed E-state index contributed by atoms with van der Waals surface area (Å²) in [6, 6.07) is 8.38. The van der Waals surface area contributed by atoms with Crippen LogP contribution >= 0.6 is 11.6 Å². The molecule has 0 aliphatic carbocycles. The van der Waals surface area contributed by atoms with E-state index < -0.39 is 6.04 Å². The Morgan fingerprint density at radius 3 is 3.00 bits per heavy atom. The number of benzene rings is 1. The van der Waals surface area contributed by atoms with Gasteiger partial charge in [-0.2, -0.15) is 0 Å². The van der Waals surface area contributed by atoms with Crippen molar-refractivity contribution in [2.75, 3.05) is 6.61 Å². The highest BCUT2D eigenvalue weighted by Gasteiger charge is 2.17. The number of aliphatic hydroxyl groups is 1. The minimum atomic E-state index is -0.540. The second kappa shape index (κ2) is 6.25. The van der Waals surface area contributed by atoms with E-state index in [1.165, 1.54) is 6.26 Å². The van der Waals surface area contributed by atoms with E-state index in [4.69, 9.17) is 16.0 Å². The van der Waals surface area contributed by atoms with Crippen molar-refractivity contribution in [1.82, 2.24) is 10.3 Å². The number of aromatic nitrogens is 1. The van der Waals surface area contributed by atoms with E-state index in [2.05, 4.69) is 10.3 Å². The summed E-state index contributed by atoms with van der Waals surface area (Å²) in [6.07, 6.45) is 3.51. The second-order valence-electron chi connectivity index (χ2n) is 5.00. The Morgan fingerprint density at radius 1 is 1.41 bits per heavy atom. The van der Waals surface area contributed by atoms with Crippen molar-refractivity contribution in [3.05, 3.63) is 59.1 Å². The van der Waals surface area contributed by atoms with Crippen molar-refractivity contribution in [3.63, 3.8) is 0 Å². The molecule has 1 unspecified atom stereocenters. The van der Waals surface area contributed by atoms with Crippen molar-refractivity contribution < 1.29 is 14.3 Å². The molecule has 0 spiro atoms. The standard InChI is InChI=1S/C16H15ClN2O3/c17-11-3-4-12-10(8-18-13(12)7-11)6-16(21)19-14(9-20)15-2-1-5-22-15/h1-5,7-8,14,18,20H,6,9H2,(H,19,21). The molecular weight excluding hydrogens is 304 g/mol. The normalized spacial score (nSPS) is 12.5. The zero-order chi connectivity index (χ0) is 15.5. The monoisotopic (exact) mass is 318 g/mol. The van der Waals surface area contributed by atoms with Gasteiger partial charge >= 0.3 is 0 Å². The molecular formula is C16H15ClN2O3. The molecule has 0 saturated heterocycles. The molecule has 6 heteroatoms. The fraction of sp³-hybridized carbons (Fsp3) is 0.188. The quantitative estimate of drug-likeness (QED) is 0.677. The molecule has 0 aliphatic rings. The number of aliphatic hydroxyl groups excluding tert-OH is 1. The number of carbonyl (C=O) groups excluding carboxylic acids is 1. The van der Waals surface area contributed by atoms with Crippen LogP contribution in [-0.2, 0) is 11.2 Å². The zero-order valence-corrected chi connectivity index (χ0v) is 12.4. The molecule has 0 fully saturated rings. The highest BCUT2D eigenvalue weighted by atomic mass is 35.5.